The molecule has 3 nitrogen and oxygen atoms in total. The van der Waals surface area contributed by atoms with Gasteiger partial charge in [-0.15, -0.1) is 0 Å². The SMILES string of the molecule is CCC(C)(C)c1cc(C(C)(C)CC)c2cc(O)c(C(=O)O)cc2c1. The van der Waals surface area contributed by atoms with Crippen molar-refractivity contribution in [3.8, 4) is 5.75 Å². The van der Waals surface area contributed by atoms with Crippen LogP contribution in [0.1, 0.15) is 75.9 Å². The van der Waals surface area contributed by atoms with E-state index in [2.05, 4.69) is 53.7 Å². The summed E-state index contributed by atoms with van der Waals surface area (Å²) in [5.41, 5.74) is 2.26. The lowest BCUT2D eigenvalue weighted by molar-refractivity contribution is 0.0694. The molecule has 0 fully saturated rings. The molecule has 24 heavy (non-hydrogen) atoms. The lowest BCUT2D eigenvalue weighted by Crippen LogP contribution is -2.20. The first-order valence-corrected chi connectivity index (χ1v) is 8.58. The first kappa shape index (κ1) is 18.3. The van der Waals surface area contributed by atoms with Gasteiger partial charge in [-0.05, 0) is 57.7 Å². The average molecular weight is 328 g/mol. The van der Waals surface area contributed by atoms with Crippen LogP contribution in [0.25, 0.3) is 10.8 Å². The molecule has 0 amide bonds. The van der Waals surface area contributed by atoms with E-state index in [9.17, 15) is 15.0 Å². The predicted octanol–water partition coefficient (Wildman–Crippen LogP) is 5.62. The summed E-state index contributed by atoms with van der Waals surface area (Å²) in [5.74, 6) is -1.28. The molecule has 130 valence electrons. The standard InChI is InChI=1S/C21H28O3/c1-7-20(3,4)14-9-13-10-16(19(23)24)18(22)12-15(13)17(11-14)21(5,6)8-2/h9-12,22H,7-8H2,1-6H3,(H,23,24). The van der Waals surface area contributed by atoms with Gasteiger partial charge < -0.3 is 10.2 Å². The summed E-state index contributed by atoms with van der Waals surface area (Å²) < 4.78 is 0. The third-order valence-corrected chi connectivity index (χ3v) is 5.58. The van der Waals surface area contributed by atoms with E-state index < -0.39 is 5.97 Å². The molecule has 0 aromatic heterocycles. The second-order valence-corrected chi connectivity index (χ2v) is 7.89. The predicted molar refractivity (Wildman–Crippen MR) is 99.2 cm³/mol. The van der Waals surface area contributed by atoms with Gasteiger partial charge in [-0.3, -0.25) is 0 Å². The number of aromatic carboxylic acids is 1. The fourth-order valence-corrected chi connectivity index (χ4v) is 2.92. The lowest BCUT2D eigenvalue weighted by atomic mass is 9.74. The number of hydrogen-bond donors (Lipinski definition) is 2. The molecule has 0 atom stereocenters. The Bertz CT molecular complexity index is 785. The van der Waals surface area contributed by atoms with E-state index in [1.807, 2.05) is 0 Å². The molecule has 2 aromatic rings. The van der Waals surface area contributed by atoms with Gasteiger partial charge in [-0.25, -0.2) is 4.79 Å². The lowest BCUT2D eigenvalue weighted by Gasteiger charge is -2.30. The Hall–Kier alpha value is -2.03. The van der Waals surface area contributed by atoms with Crippen LogP contribution in [0.15, 0.2) is 24.3 Å². The highest BCUT2D eigenvalue weighted by Crippen LogP contribution is 2.39. The van der Waals surface area contributed by atoms with Crippen LogP contribution < -0.4 is 0 Å². The molecule has 0 heterocycles. The normalized spacial score (nSPS) is 12.6. The van der Waals surface area contributed by atoms with Crippen LogP contribution in [0.5, 0.6) is 5.75 Å². The summed E-state index contributed by atoms with van der Waals surface area (Å²) in [6, 6.07) is 7.50. The molecule has 0 aliphatic carbocycles. The fourth-order valence-electron chi connectivity index (χ4n) is 2.92. The van der Waals surface area contributed by atoms with Crippen LogP contribution >= 0.6 is 0 Å². The highest BCUT2D eigenvalue weighted by molar-refractivity contribution is 5.99. The van der Waals surface area contributed by atoms with Gasteiger partial charge >= 0.3 is 5.97 Å². The van der Waals surface area contributed by atoms with E-state index in [-0.39, 0.29) is 22.1 Å². The third-order valence-electron chi connectivity index (χ3n) is 5.58. The molecule has 2 rings (SSSR count). The van der Waals surface area contributed by atoms with Gasteiger partial charge in [-0.1, -0.05) is 53.7 Å². The molecule has 0 unspecified atom stereocenters. The molecule has 0 radical (unpaired) electrons. The molecule has 0 aliphatic rings. The van der Waals surface area contributed by atoms with Crippen LogP contribution in [0.4, 0.5) is 0 Å². The van der Waals surface area contributed by atoms with Crippen molar-refractivity contribution in [2.24, 2.45) is 0 Å². The van der Waals surface area contributed by atoms with Crippen LogP contribution in [0.2, 0.25) is 0 Å². The van der Waals surface area contributed by atoms with Crippen molar-refractivity contribution >= 4 is 16.7 Å². The number of carbonyl (C=O) groups is 1. The largest absolute Gasteiger partial charge is 0.507 e. The summed E-state index contributed by atoms with van der Waals surface area (Å²) in [6.07, 6.45) is 1.95. The van der Waals surface area contributed by atoms with E-state index in [4.69, 9.17) is 0 Å². The van der Waals surface area contributed by atoms with Crippen molar-refractivity contribution in [3.05, 3.63) is 41.0 Å². The molecular weight excluding hydrogens is 300 g/mol. The Balaban J connectivity index is 2.91. The van der Waals surface area contributed by atoms with Crippen molar-refractivity contribution in [1.29, 1.82) is 0 Å². The van der Waals surface area contributed by atoms with Crippen molar-refractivity contribution in [2.45, 2.75) is 65.2 Å². The van der Waals surface area contributed by atoms with Gasteiger partial charge in [0.2, 0.25) is 0 Å². The van der Waals surface area contributed by atoms with Gasteiger partial charge in [0, 0.05) is 0 Å². The summed E-state index contributed by atoms with van der Waals surface area (Å²) in [6.45, 7) is 13.1. The monoisotopic (exact) mass is 328 g/mol. The van der Waals surface area contributed by atoms with Crippen molar-refractivity contribution < 1.29 is 15.0 Å². The van der Waals surface area contributed by atoms with E-state index in [1.54, 1.807) is 12.1 Å². The zero-order valence-electron chi connectivity index (χ0n) is 15.5. The summed E-state index contributed by atoms with van der Waals surface area (Å²) in [4.78, 5) is 11.4. The van der Waals surface area contributed by atoms with E-state index in [1.165, 1.54) is 5.56 Å². The third kappa shape index (κ3) is 3.12. The number of carboxylic acids is 1. The fraction of sp³-hybridized carbons (Fsp3) is 0.476. The smallest absolute Gasteiger partial charge is 0.339 e. The number of fused-ring (bicyclic) bond motifs is 1. The Morgan fingerprint density at radius 1 is 0.958 bits per heavy atom. The summed E-state index contributed by atoms with van der Waals surface area (Å²) in [5, 5.41) is 21.3. The van der Waals surface area contributed by atoms with Crippen molar-refractivity contribution in [2.75, 3.05) is 0 Å². The quantitative estimate of drug-likeness (QED) is 0.749. The van der Waals surface area contributed by atoms with Gasteiger partial charge in [0.15, 0.2) is 0 Å². The Morgan fingerprint density at radius 2 is 1.54 bits per heavy atom. The molecular formula is C21H28O3. The Labute approximate surface area is 144 Å². The maximum absolute atomic E-state index is 11.4. The Morgan fingerprint density at radius 3 is 2.04 bits per heavy atom. The zero-order valence-corrected chi connectivity index (χ0v) is 15.5. The minimum Gasteiger partial charge on any atom is -0.507 e. The van der Waals surface area contributed by atoms with Crippen molar-refractivity contribution in [1.82, 2.24) is 0 Å². The minimum absolute atomic E-state index is 0.00797. The molecule has 0 saturated heterocycles. The number of phenols is 1. The summed E-state index contributed by atoms with van der Waals surface area (Å²) in [7, 11) is 0. The molecule has 2 aromatic carbocycles. The molecule has 3 heteroatoms. The maximum Gasteiger partial charge on any atom is 0.339 e. The average Bonchev–Trinajstić information content (AvgIpc) is 2.52. The highest BCUT2D eigenvalue weighted by Gasteiger charge is 2.26. The van der Waals surface area contributed by atoms with Crippen molar-refractivity contribution in [3.63, 3.8) is 0 Å². The topological polar surface area (TPSA) is 57.5 Å². The van der Waals surface area contributed by atoms with Crippen LogP contribution in [-0.4, -0.2) is 16.2 Å². The molecule has 2 N–H and O–H groups in total. The van der Waals surface area contributed by atoms with Gasteiger partial charge in [0.25, 0.3) is 0 Å². The van der Waals surface area contributed by atoms with E-state index in [0.29, 0.717) is 0 Å². The minimum atomic E-state index is -1.11. The second kappa shape index (κ2) is 6.12. The number of hydrogen-bond acceptors (Lipinski definition) is 2. The van der Waals surface area contributed by atoms with E-state index in [0.717, 1.165) is 29.2 Å². The first-order valence-electron chi connectivity index (χ1n) is 8.58. The maximum atomic E-state index is 11.4. The van der Waals surface area contributed by atoms with Crippen LogP contribution in [0, 0.1) is 0 Å². The first-order chi connectivity index (χ1) is 11.0. The summed E-state index contributed by atoms with van der Waals surface area (Å²) >= 11 is 0. The number of rotatable bonds is 5. The number of carboxylic acid groups (broad SMARTS) is 1. The number of benzene rings is 2. The number of aromatic hydroxyl groups is 1. The molecule has 0 bridgehead atoms. The van der Waals surface area contributed by atoms with Crippen LogP contribution in [-0.2, 0) is 10.8 Å². The van der Waals surface area contributed by atoms with Gasteiger partial charge in [0.05, 0.1) is 0 Å². The molecule has 0 spiro atoms. The van der Waals surface area contributed by atoms with E-state index >= 15 is 0 Å². The van der Waals surface area contributed by atoms with Gasteiger partial charge in [0.1, 0.15) is 11.3 Å². The Kier molecular flexibility index (Phi) is 4.67. The molecule has 0 aliphatic heterocycles. The van der Waals surface area contributed by atoms with Gasteiger partial charge in [-0.2, -0.15) is 0 Å². The van der Waals surface area contributed by atoms with Crippen LogP contribution in [0.3, 0.4) is 0 Å². The highest BCUT2D eigenvalue weighted by atomic mass is 16.4. The molecule has 0 saturated carbocycles. The zero-order chi connectivity index (χ0) is 18.3. The second-order valence-electron chi connectivity index (χ2n) is 7.89.